The van der Waals surface area contributed by atoms with Crippen molar-refractivity contribution in [3.05, 3.63) is 35.1 Å². The summed E-state index contributed by atoms with van der Waals surface area (Å²) in [7, 11) is 0. The second-order valence-corrected chi connectivity index (χ2v) is 5.02. The predicted octanol–water partition coefficient (Wildman–Crippen LogP) is 4.30. The third kappa shape index (κ3) is 3.31. The van der Waals surface area contributed by atoms with Gasteiger partial charge in [0.15, 0.2) is 0 Å². The molecular formula is C12H11BrF4O. The van der Waals surface area contributed by atoms with Gasteiger partial charge in [-0.1, -0.05) is 28.9 Å². The van der Waals surface area contributed by atoms with Gasteiger partial charge in [0.2, 0.25) is 0 Å². The summed E-state index contributed by atoms with van der Waals surface area (Å²) in [6.07, 6.45) is -4.74. The van der Waals surface area contributed by atoms with Crippen LogP contribution < -0.4 is 0 Å². The smallest absolute Gasteiger partial charge is 0.299 e. The van der Waals surface area contributed by atoms with Gasteiger partial charge in [-0.3, -0.25) is 4.79 Å². The fourth-order valence-corrected chi connectivity index (χ4v) is 1.87. The van der Waals surface area contributed by atoms with E-state index in [1.54, 1.807) is 6.92 Å². The van der Waals surface area contributed by atoms with Gasteiger partial charge >= 0.3 is 6.18 Å². The molecule has 1 aromatic rings. The average Bonchev–Trinajstić information content (AvgIpc) is 2.26. The zero-order chi connectivity index (χ0) is 14.1. The molecule has 0 N–H and O–H groups in total. The summed E-state index contributed by atoms with van der Waals surface area (Å²) in [6.45, 7) is 2.94. The number of carbonyl (C=O) groups excluding carboxylic acids is 1. The highest BCUT2D eigenvalue weighted by Crippen LogP contribution is 2.34. The van der Waals surface area contributed by atoms with Crippen molar-refractivity contribution >= 4 is 21.7 Å². The minimum absolute atomic E-state index is 0.194. The van der Waals surface area contributed by atoms with Gasteiger partial charge in [0, 0.05) is 5.92 Å². The second kappa shape index (κ2) is 5.38. The molecule has 0 aromatic heterocycles. The van der Waals surface area contributed by atoms with Crippen LogP contribution >= 0.6 is 15.9 Å². The molecule has 0 aliphatic rings. The van der Waals surface area contributed by atoms with E-state index in [0.29, 0.717) is 0 Å². The van der Waals surface area contributed by atoms with E-state index in [9.17, 15) is 22.4 Å². The maximum absolute atomic E-state index is 13.1. The fraction of sp³-hybridized carbons (Fsp3) is 0.417. The molecule has 0 fully saturated rings. The van der Waals surface area contributed by atoms with Gasteiger partial charge in [-0.25, -0.2) is 4.39 Å². The van der Waals surface area contributed by atoms with Crippen LogP contribution in [-0.2, 0) is 11.0 Å². The molecule has 0 aliphatic carbocycles. The van der Waals surface area contributed by atoms with Crippen LogP contribution in [0.15, 0.2) is 18.2 Å². The molecule has 0 amide bonds. The molecule has 100 valence electrons. The Hall–Kier alpha value is -0.910. The third-order valence-electron chi connectivity index (χ3n) is 2.65. The van der Waals surface area contributed by atoms with Crippen molar-refractivity contribution in [2.75, 3.05) is 0 Å². The van der Waals surface area contributed by atoms with Gasteiger partial charge in [-0.15, -0.1) is 0 Å². The molecule has 0 radical (unpaired) electrons. The lowest BCUT2D eigenvalue weighted by atomic mass is 9.94. The zero-order valence-corrected chi connectivity index (χ0v) is 11.3. The van der Waals surface area contributed by atoms with Crippen LogP contribution in [0.5, 0.6) is 0 Å². The number of halogens is 5. The highest BCUT2D eigenvalue weighted by atomic mass is 79.9. The monoisotopic (exact) mass is 326 g/mol. The summed E-state index contributed by atoms with van der Waals surface area (Å²) in [4.78, 5) is 10.6. The summed E-state index contributed by atoms with van der Waals surface area (Å²) < 4.78 is 50.7. The number of alkyl halides is 4. The topological polar surface area (TPSA) is 17.1 Å². The largest absolute Gasteiger partial charge is 0.419 e. The Bertz CT molecular complexity index is 456. The standard InChI is InChI=1S/C12H11BrF4O/c1-6(11(13)7(2)18)8-3-4-10(14)9(5-8)12(15,16)17/h3-6,11H,1-2H3. The van der Waals surface area contributed by atoms with Crippen molar-refractivity contribution in [2.45, 2.75) is 30.8 Å². The number of ketones is 1. The number of Topliss-reactive ketones (excluding diaryl/α,β-unsaturated/α-hetero) is 1. The van der Waals surface area contributed by atoms with E-state index in [1.807, 2.05) is 0 Å². The van der Waals surface area contributed by atoms with Gasteiger partial charge in [0.05, 0.1) is 10.4 Å². The lowest BCUT2D eigenvalue weighted by Crippen LogP contribution is -2.18. The molecule has 0 spiro atoms. The lowest BCUT2D eigenvalue weighted by Gasteiger charge is -2.18. The van der Waals surface area contributed by atoms with Crippen molar-refractivity contribution in [3.63, 3.8) is 0 Å². The van der Waals surface area contributed by atoms with Crippen molar-refractivity contribution < 1.29 is 22.4 Å². The maximum atomic E-state index is 13.1. The van der Waals surface area contributed by atoms with Gasteiger partial charge in [-0.05, 0) is 24.6 Å². The van der Waals surface area contributed by atoms with Crippen molar-refractivity contribution in [1.82, 2.24) is 0 Å². The van der Waals surface area contributed by atoms with E-state index in [1.165, 1.54) is 13.0 Å². The predicted molar refractivity (Wildman–Crippen MR) is 63.2 cm³/mol. The minimum Gasteiger partial charge on any atom is -0.299 e. The molecule has 2 atom stereocenters. The first-order chi connectivity index (χ1) is 8.14. The summed E-state index contributed by atoms with van der Waals surface area (Å²) in [5, 5.41) is 0. The highest BCUT2D eigenvalue weighted by Gasteiger charge is 2.35. The summed E-state index contributed by atoms with van der Waals surface area (Å²) in [5.74, 6) is -1.98. The molecule has 6 heteroatoms. The number of rotatable bonds is 3. The van der Waals surface area contributed by atoms with E-state index < -0.39 is 28.3 Å². The van der Waals surface area contributed by atoms with Crippen LogP contribution in [0.1, 0.15) is 30.9 Å². The SMILES string of the molecule is CC(=O)C(Br)C(C)c1ccc(F)c(C(F)(F)F)c1. The van der Waals surface area contributed by atoms with Crippen LogP contribution in [0.3, 0.4) is 0 Å². The van der Waals surface area contributed by atoms with Crippen LogP contribution in [0.2, 0.25) is 0 Å². The molecule has 0 bridgehead atoms. The Morgan fingerprint density at radius 3 is 2.33 bits per heavy atom. The minimum atomic E-state index is -4.74. The summed E-state index contributed by atoms with van der Waals surface area (Å²) >= 11 is 3.11. The van der Waals surface area contributed by atoms with Gasteiger partial charge in [0.25, 0.3) is 0 Å². The molecule has 18 heavy (non-hydrogen) atoms. The van der Waals surface area contributed by atoms with E-state index in [2.05, 4.69) is 15.9 Å². The molecule has 0 aliphatic heterocycles. The average molecular weight is 327 g/mol. The van der Waals surface area contributed by atoms with Crippen LogP contribution in [0.25, 0.3) is 0 Å². The molecule has 1 rings (SSSR count). The molecule has 2 unspecified atom stereocenters. The maximum Gasteiger partial charge on any atom is 0.419 e. The first kappa shape index (κ1) is 15.1. The Labute approximate surface area is 110 Å². The Balaban J connectivity index is 3.17. The molecule has 0 heterocycles. The van der Waals surface area contributed by atoms with E-state index in [0.717, 1.165) is 12.1 Å². The van der Waals surface area contributed by atoms with E-state index in [4.69, 9.17) is 0 Å². The Kier molecular flexibility index (Phi) is 4.53. The molecular weight excluding hydrogens is 316 g/mol. The van der Waals surface area contributed by atoms with Gasteiger partial charge < -0.3 is 0 Å². The Morgan fingerprint density at radius 1 is 1.33 bits per heavy atom. The van der Waals surface area contributed by atoms with Crippen molar-refractivity contribution in [2.24, 2.45) is 0 Å². The summed E-state index contributed by atoms with van der Waals surface area (Å²) in [6, 6.07) is 2.78. The van der Waals surface area contributed by atoms with Crippen LogP contribution in [0, 0.1) is 5.82 Å². The first-order valence-corrected chi connectivity index (χ1v) is 6.07. The molecule has 1 nitrogen and oxygen atoms in total. The van der Waals surface area contributed by atoms with E-state index >= 15 is 0 Å². The number of hydrogen-bond donors (Lipinski definition) is 0. The quantitative estimate of drug-likeness (QED) is 0.598. The lowest BCUT2D eigenvalue weighted by molar-refractivity contribution is -0.140. The van der Waals surface area contributed by atoms with E-state index in [-0.39, 0.29) is 11.3 Å². The van der Waals surface area contributed by atoms with Crippen molar-refractivity contribution in [1.29, 1.82) is 0 Å². The van der Waals surface area contributed by atoms with Crippen LogP contribution in [0.4, 0.5) is 17.6 Å². The Morgan fingerprint density at radius 2 is 1.89 bits per heavy atom. The number of hydrogen-bond acceptors (Lipinski definition) is 1. The summed E-state index contributed by atoms with van der Waals surface area (Å²) in [5.41, 5.74) is -1.05. The molecule has 1 aromatic carbocycles. The molecule has 0 saturated carbocycles. The second-order valence-electron chi connectivity index (χ2n) is 4.04. The zero-order valence-electron chi connectivity index (χ0n) is 9.68. The first-order valence-electron chi connectivity index (χ1n) is 5.15. The number of benzene rings is 1. The highest BCUT2D eigenvalue weighted by molar-refractivity contribution is 9.10. The molecule has 0 saturated heterocycles. The number of carbonyl (C=O) groups is 1. The van der Waals surface area contributed by atoms with Gasteiger partial charge in [-0.2, -0.15) is 13.2 Å². The fourth-order valence-electron chi connectivity index (χ4n) is 1.56. The third-order valence-corrected chi connectivity index (χ3v) is 4.09. The van der Waals surface area contributed by atoms with Gasteiger partial charge in [0.1, 0.15) is 11.6 Å². The normalized spacial score (nSPS) is 15.3. The van der Waals surface area contributed by atoms with Crippen LogP contribution in [-0.4, -0.2) is 10.6 Å². The van der Waals surface area contributed by atoms with Crippen molar-refractivity contribution in [3.8, 4) is 0 Å².